The van der Waals surface area contributed by atoms with E-state index in [0.29, 0.717) is 24.6 Å². The molecule has 3 heterocycles. The zero-order valence-electron chi connectivity index (χ0n) is 14.8. The summed E-state index contributed by atoms with van der Waals surface area (Å²) < 4.78 is 33.3. The molecule has 0 amide bonds. The summed E-state index contributed by atoms with van der Waals surface area (Å²) in [4.78, 5) is 7.11. The first-order valence-corrected chi connectivity index (χ1v) is 10.1. The lowest BCUT2D eigenvalue weighted by molar-refractivity contribution is 0.345. The lowest BCUT2D eigenvalue weighted by atomic mass is 10.1. The highest BCUT2D eigenvalue weighted by Crippen LogP contribution is 2.31. The first-order valence-electron chi connectivity index (χ1n) is 8.67. The molecule has 2 aromatic heterocycles. The number of rotatable bonds is 4. The Bertz CT molecular complexity index is 1020. The summed E-state index contributed by atoms with van der Waals surface area (Å²) in [5.74, 6) is 2.30. The Hall–Kier alpha value is -2.38. The summed E-state index contributed by atoms with van der Waals surface area (Å²) in [7, 11) is -3.62. The Morgan fingerprint density at radius 2 is 2.00 bits per heavy atom. The van der Waals surface area contributed by atoms with Gasteiger partial charge >= 0.3 is 0 Å². The Kier molecular flexibility index (Phi) is 4.20. The molecule has 1 aliphatic heterocycles. The molecule has 0 saturated heterocycles. The zero-order valence-corrected chi connectivity index (χ0v) is 15.6. The molecule has 3 aromatic rings. The quantitative estimate of drug-likeness (QED) is 0.761. The van der Waals surface area contributed by atoms with Gasteiger partial charge in [-0.25, -0.2) is 13.4 Å². The van der Waals surface area contributed by atoms with Crippen molar-refractivity contribution in [2.75, 3.05) is 6.54 Å². The molecule has 1 aromatic carbocycles. The van der Waals surface area contributed by atoms with E-state index in [-0.39, 0.29) is 17.5 Å². The van der Waals surface area contributed by atoms with Gasteiger partial charge in [0, 0.05) is 18.0 Å². The highest BCUT2D eigenvalue weighted by molar-refractivity contribution is 7.89. The number of hydrogen-bond donors (Lipinski definition) is 1. The van der Waals surface area contributed by atoms with Crippen molar-refractivity contribution in [1.82, 2.24) is 14.3 Å². The van der Waals surface area contributed by atoms with Gasteiger partial charge < -0.3 is 9.40 Å². The van der Waals surface area contributed by atoms with E-state index in [0.717, 1.165) is 16.9 Å². The van der Waals surface area contributed by atoms with Crippen LogP contribution in [0.4, 0.5) is 0 Å². The summed E-state index contributed by atoms with van der Waals surface area (Å²) in [5.41, 5.74) is 2.06. The Balaban J connectivity index is 1.60. The van der Waals surface area contributed by atoms with Crippen molar-refractivity contribution in [1.29, 1.82) is 0 Å². The van der Waals surface area contributed by atoms with Gasteiger partial charge in [0.2, 0.25) is 0 Å². The molecule has 26 heavy (non-hydrogen) atoms. The van der Waals surface area contributed by atoms with Crippen molar-refractivity contribution < 1.29 is 12.8 Å². The lowest BCUT2D eigenvalue weighted by Crippen LogP contribution is -2.35. The van der Waals surface area contributed by atoms with Gasteiger partial charge in [-0.2, -0.15) is 4.31 Å². The fraction of sp³-hybridized carbons (Fsp3) is 0.316. The third kappa shape index (κ3) is 2.97. The van der Waals surface area contributed by atoms with Crippen LogP contribution < -0.4 is 0 Å². The second-order valence-corrected chi connectivity index (χ2v) is 8.71. The number of nitrogens with one attached hydrogen (secondary N) is 1. The second-order valence-electron chi connectivity index (χ2n) is 6.80. The topological polar surface area (TPSA) is 79.2 Å². The van der Waals surface area contributed by atoms with Crippen molar-refractivity contribution in [3.63, 3.8) is 0 Å². The van der Waals surface area contributed by atoms with Crippen molar-refractivity contribution in [3.05, 3.63) is 59.7 Å². The summed E-state index contributed by atoms with van der Waals surface area (Å²) in [5, 5.41) is 0.138. The second kappa shape index (κ2) is 6.41. The maximum Gasteiger partial charge on any atom is 0.260 e. The van der Waals surface area contributed by atoms with Gasteiger partial charge in [0.15, 0.2) is 5.03 Å². The molecule has 0 spiro atoms. The van der Waals surface area contributed by atoms with Crippen LogP contribution in [0.25, 0.3) is 11.3 Å². The van der Waals surface area contributed by atoms with Crippen LogP contribution in [0.15, 0.2) is 52.0 Å². The van der Waals surface area contributed by atoms with Crippen LogP contribution in [0.3, 0.4) is 0 Å². The largest absolute Gasteiger partial charge is 0.459 e. The molecular weight excluding hydrogens is 350 g/mol. The van der Waals surface area contributed by atoms with Crippen molar-refractivity contribution in [3.8, 4) is 11.3 Å². The number of benzene rings is 1. The van der Waals surface area contributed by atoms with E-state index < -0.39 is 10.0 Å². The first kappa shape index (κ1) is 17.1. The van der Waals surface area contributed by atoms with Crippen molar-refractivity contribution >= 4 is 10.0 Å². The third-order valence-corrected chi connectivity index (χ3v) is 6.40. The minimum atomic E-state index is -3.62. The molecule has 136 valence electrons. The number of furan rings is 1. The number of imidazole rings is 1. The number of aromatic amines is 1. The van der Waals surface area contributed by atoms with Gasteiger partial charge in [-0.05, 0) is 18.1 Å². The van der Waals surface area contributed by atoms with Gasteiger partial charge in [0.1, 0.15) is 17.3 Å². The predicted molar refractivity (Wildman–Crippen MR) is 98.1 cm³/mol. The number of hydrogen-bond acceptors (Lipinski definition) is 4. The van der Waals surface area contributed by atoms with E-state index >= 15 is 0 Å². The van der Waals surface area contributed by atoms with Crippen molar-refractivity contribution in [2.45, 2.75) is 37.8 Å². The molecule has 0 atom stereocenters. The molecular formula is C19H21N3O3S. The molecule has 0 aliphatic carbocycles. The maximum absolute atomic E-state index is 12.9. The summed E-state index contributed by atoms with van der Waals surface area (Å²) in [6.45, 7) is 4.60. The van der Waals surface area contributed by atoms with Gasteiger partial charge in [-0.3, -0.25) is 0 Å². The molecule has 0 bridgehead atoms. The number of aromatic nitrogens is 2. The van der Waals surface area contributed by atoms with Crippen molar-refractivity contribution in [2.24, 2.45) is 0 Å². The summed E-state index contributed by atoms with van der Waals surface area (Å²) >= 11 is 0. The van der Waals surface area contributed by atoms with E-state index in [1.165, 1.54) is 10.5 Å². The molecule has 1 aliphatic rings. The Morgan fingerprint density at radius 1 is 1.23 bits per heavy atom. The van der Waals surface area contributed by atoms with E-state index in [1.807, 2.05) is 50.2 Å². The SMILES string of the molecule is CC(C)c1ncc(S(=O)(=O)N2CCc3cc(-c4ccccc4)oc3C2)[nH]1. The van der Waals surface area contributed by atoms with Crippen LogP contribution in [0, 0.1) is 0 Å². The number of nitrogens with zero attached hydrogens (tertiary/aromatic N) is 2. The van der Waals surface area contributed by atoms with E-state index in [1.54, 1.807) is 0 Å². The number of H-pyrrole nitrogens is 1. The highest BCUT2D eigenvalue weighted by Gasteiger charge is 2.32. The first-order chi connectivity index (χ1) is 12.4. The highest BCUT2D eigenvalue weighted by atomic mass is 32.2. The smallest absolute Gasteiger partial charge is 0.260 e. The predicted octanol–water partition coefficient (Wildman–Crippen LogP) is 3.54. The van der Waals surface area contributed by atoms with Crippen LogP contribution in [0.5, 0.6) is 0 Å². The van der Waals surface area contributed by atoms with Crippen LogP contribution in [0.2, 0.25) is 0 Å². The molecule has 7 heteroatoms. The Morgan fingerprint density at radius 3 is 2.69 bits per heavy atom. The normalized spacial score (nSPS) is 15.3. The maximum atomic E-state index is 12.9. The molecule has 0 unspecified atom stereocenters. The van der Waals surface area contributed by atoms with Gasteiger partial charge in [-0.15, -0.1) is 0 Å². The molecule has 4 rings (SSSR count). The van der Waals surface area contributed by atoms with Crippen LogP contribution in [0.1, 0.15) is 36.9 Å². The van der Waals surface area contributed by atoms with E-state index in [9.17, 15) is 8.42 Å². The molecule has 0 saturated carbocycles. The summed E-state index contributed by atoms with van der Waals surface area (Å²) in [6.07, 6.45) is 2.04. The van der Waals surface area contributed by atoms with Gasteiger partial charge in [0.05, 0.1) is 12.7 Å². The zero-order chi connectivity index (χ0) is 18.3. The van der Waals surface area contributed by atoms with Gasteiger partial charge in [0.25, 0.3) is 10.0 Å². The number of fused-ring (bicyclic) bond motifs is 1. The Labute approximate surface area is 152 Å². The number of sulfonamides is 1. The molecule has 6 nitrogen and oxygen atoms in total. The van der Waals surface area contributed by atoms with E-state index in [4.69, 9.17) is 4.42 Å². The van der Waals surface area contributed by atoms with Gasteiger partial charge in [-0.1, -0.05) is 44.2 Å². The standard InChI is InChI=1S/C19H21N3O3S/c1-13(2)19-20-11-18(21-19)26(23,24)22-9-8-15-10-16(25-17(15)12-22)14-6-4-3-5-7-14/h3-7,10-11,13H,8-9,12H2,1-2H3,(H,20,21). The fourth-order valence-corrected chi connectivity index (χ4v) is 4.45. The van der Waals surface area contributed by atoms with Crippen LogP contribution in [-0.4, -0.2) is 29.2 Å². The average molecular weight is 371 g/mol. The van der Waals surface area contributed by atoms with Crippen LogP contribution in [-0.2, 0) is 23.0 Å². The molecule has 0 fully saturated rings. The summed E-state index contributed by atoms with van der Waals surface area (Å²) in [6, 6.07) is 11.8. The van der Waals surface area contributed by atoms with E-state index in [2.05, 4.69) is 9.97 Å². The minimum Gasteiger partial charge on any atom is -0.459 e. The monoisotopic (exact) mass is 371 g/mol. The molecule has 1 N–H and O–H groups in total. The minimum absolute atomic E-state index is 0.138. The average Bonchev–Trinajstić information content (AvgIpc) is 3.29. The third-order valence-electron chi connectivity index (χ3n) is 4.64. The molecule has 0 radical (unpaired) electrons. The lowest BCUT2D eigenvalue weighted by Gasteiger charge is -2.24. The van der Waals surface area contributed by atoms with Crippen LogP contribution >= 0.6 is 0 Å². The fourth-order valence-electron chi connectivity index (χ4n) is 3.13.